The van der Waals surface area contributed by atoms with Crippen LogP contribution in [0, 0.1) is 0 Å². The highest BCUT2D eigenvalue weighted by Crippen LogP contribution is 2.19. The summed E-state index contributed by atoms with van der Waals surface area (Å²) < 4.78 is 0. The maximum Gasteiger partial charge on any atom is 0.245 e. The average Bonchev–Trinajstić information content (AvgIpc) is 2.59. The van der Waals surface area contributed by atoms with Gasteiger partial charge in [-0.15, -0.1) is 0 Å². The van der Waals surface area contributed by atoms with Crippen LogP contribution in [0.15, 0.2) is 0 Å². The number of hydrogen-bond acceptors (Lipinski definition) is 3. The van der Waals surface area contributed by atoms with E-state index in [1.165, 1.54) is 0 Å². The number of likely N-dealkylation sites (tertiary alicyclic amines) is 1. The Balaban J connectivity index is 2.07. The first-order valence-electron chi connectivity index (χ1n) is 7.97. The molecule has 2 atom stereocenters. The van der Waals surface area contributed by atoms with Gasteiger partial charge in [-0.2, -0.15) is 0 Å². The highest BCUT2D eigenvalue weighted by atomic mass is 16.2. The van der Waals surface area contributed by atoms with Crippen LogP contribution >= 0.6 is 0 Å². The maximum absolute atomic E-state index is 12.7. The van der Waals surface area contributed by atoms with Crippen molar-refractivity contribution in [3.63, 3.8) is 0 Å². The fourth-order valence-corrected chi connectivity index (χ4v) is 3.28. The molecular formula is C15H27N3O2. The van der Waals surface area contributed by atoms with Crippen molar-refractivity contribution < 1.29 is 9.59 Å². The van der Waals surface area contributed by atoms with Gasteiger partial charge in [-0.3, -0.25) is 9.59 Å². The van der Waals surface area contributed by atoms with Crippen LogP contribution in [0.3, 0.4) is 0 Å². The lowest BCUT2D eigenvalue weighted by Gasteiger charge is -2.39. The molecule has 2 amide bonds. The molecule has 0 aromatic heterocycles. The molecule has 0 spiro atoms. The van der Waals surface area contributed by atoms with Gasteiger partial charge in [0.15, 0.2) is 0 Å². The molecule has 5 nitrogen and oxygen atoms in total. The van der Waals surface area contributed by atoms with Gasteiger partial charge < -0.3 is 15.1 Å². The number of amides is 2. The molecule has 2 rings (SSSR count). The van der Waals surface area contributed by atoms with Gasteiger partial charge in [-0.05, 0) is 32.4 Å². The summed E-state index contributed by atoms with van der Waals surface area (Å²) in [5, 5.41) is 2.88. The summed E-state index contributed by atoms with van der Waals surface area (Å²) in [5.74, 6) is 0.142. The first-order valence-corrected chi connectivity index (χ1v) is 7.97. The highest BCUT2D eigenvalue weighted by Gasteiger charge is 2.34. The first-order chi connectivity index (χ1) is 9.65. The standard InChI is InChI=1S/C15H27N3O2/c1-3-6-13-15(20)18(10-8-14(19)16-13)12-7-5-9-17(4-2)11-12/h12-13H,3-11H2,1-2H3,(H,16,19). The van der Waals surface area contributed by atoms with E-state index in [0.717, 1.165) is 45.3 Å². The number of carbonyl (C=O) groups excluding carboxylic acids is 2. The van der Waals surface area contributed by atoms with Gasteiger partial charge in [-0.1, -0.05) is 20.3 Å². The fraction of sp³-hybridized carbons (Fsp3) is 0.867. The monoisotopic (exact) mass is 281 g/mol. The quantitative estimate of drug-likeness (QED) is 0.836. The minimum absolute atomic E-state index is 0.0162. The molecule has 2 unspecified atom stereocenters. The van der Waals surface area contributed by atoms with Crippen LogP contribution < -0.4 is 5.32 Å². The zero-order chi connectivity index (χ0) is 14.5. The molecular weight excluding hydrogens is 254 g/mol. The highest BCUT2D eigenvalue weighted by molar-refractivity contribution is 5.90. The summed E-state index contributed by atoms with van der Waals surface area (Å²) in [6.45, 7) is 7.91. The first kappa shape index (κ1) is 15.3. The number of nitrogens with zero attached hydrogens (tertiary/aromatic N) is 2. The Hall–Kier alpha value is -1.10. The number of piperidine rings is 1. The van der Waals surface area contributed by atoms with Gasteiger partial charge in [0.2, 0.25) is 11.8 Å². The van der Waals surface area contributed by atoms with Crippen LogP contribution in [0.1, 0.15) is 46.0 Å². The van der Waals surface area contributed by atoms with E-state index >= 15 is 0 Å². The van der Waals surface area contributed by atoms with Gasteiger partial charge >= 0.3 is 0 Å². The zero-order valence-electron chi connectivity index (χ0n) is 12.7. The maximum atomic E-state index is 12.7. The fourth-order valence-electron chi connectivity index (χ4n) is 3.28. The van der Waals surface area contributed by atoms with E-state index in [0.29, 0.717) is 13.0 Å². The predicted molar refractivity (Wildman–Crippen MR) is 78.3 cm³/mol. The second-order valence-corrected chi connectivity index (χ2v) is 5.88. The molecule has 0 aromatic rings. The molecule has 0 saturated carbocycles. The van der Waals surface area contributed by atoms with Gasteiger partial charge in [0.1, 0.15) is 6.04 Å². The number of carbonyl (C=O) groups is 2. The van der Waals surface area contributed by atoms with Gasteiger partial charge in [0, 0.05) is 25.6 Å². The Kier molecular flexibility index (Phi) is 5.40. The lowest BCUT2D eigenvalue weighted by molar-refractivity contribution is -0.136. The van der Waals surface area contributed by atoms with Crippen LogP contribution in [0.5, 0.6) is 0 Å². The summed E-state index contributed by atoms with van der Waals surface area (Å²) in [6, 6.07) is -0.0322. The molecule has 0 aliphatic carbocycles. The van der Waals surface area contributed by atoms with Crippen molar-refractivity contribution in [1.29, 1.82) is 0 Å². The van der Waals surface area contributed by atoms with Crippen molar-refractivity contribution in [2.24, 2.45) is 0 Å². The van der Waals surface area contributed by atoms with Crippen molar-refractivity contribution in [1.82, 2.24) is 15.1 Å². The summed E-state index contributed by atoms with van der Waals surface area (Å²) in [7, 11) is 0. The normalized spacial score (nSPS) is 29.2. The van der Waals surface area contributed by atoms with E-state index in [1.807, 2.05) is 11.8 Å². The number of likely N-dealkylation sites (N-methyl/N-ethyl adjacent to an activating group) is 1. The minimum Gasteiger partial charge on any atom is -0.344 e. The Morgan fingerprint density at radius 3 is 2.75 bits per heavy atom. The third-order valence-corrected chi connectivity index (χ3v) is 4.44. The molecule has 1 N–H and O–H groups in total. The Morgan fingerprint density at radius 2 is 2.05 bits per heavy atom. The molecule has 2 saturated heterocycles. The van der Waals surface area contributed by atoms with Crippen LogP contribution in [0.2, 0.25) is 0 Å². The summed E-state index contributed by atoms with van der Waals surface area (Å²) in [6.07, 6.45) is 4.30. The van der Waals surface area contributed by atoms with E-state index < -0.39 is 0 Å². The molecule has 20 heavy (non-hydrogen) atoms. The third-order valence-electron chi connectivity index (χ3n) is 4.44. The van der Waals surface area contributed by atoms with E-state index in [-0.39, 0.29) is 23.9 Å². The third kappa shape index (κ3) is 3.51. The smallest absolute Gasteiger partial charge is 0.245 e. The van der Waals surface area contributed by atoms with Crippen molar-refractivity contribution in [3.8, 4) is 0 Å². The van der Waals surface area contributed by atoms with E-state index in [2.05, 4.69) is 17.1 Å². The van der Waals surface area contributed by atoms with E-state index in [1.54, 1.807) is 0 Å². The van der Waals surface area contributed by atoms with Gasteiger partial charge in [0.05, 0.1) is 0 Å². The van der Waals surface area contributed by atoms with Crippen molar-refractivity contribution >= 4 is 11.8 Å². The van der Waals surface area contributed by atoms with Crippen molar-refractivity contribution in [2.75, 3.05) is 26.2 Å². The molecule has 2 aliphatic rings. The molecule has 2 heterocycles. The molecule has 5 heteroatoms. The zero-order valence-corrected chi connectivity index (χ0v) is 12.7. The van der Waals surface area contributed by atoms with Crippen LogP contribution in [-0.4, -0.2) is 59.9 Å². The van der Waals surface area contributed by atoms with Crippen LogP contribution in [0.25, 0.3) is 0 Å². The van der Waals surface area contributed by atoms with E-state index in [4.69, 9.17) is 0 Å². The Bertz CT molecular complexity index is 359. The van der Waals surface area contributed by atoms with Crippen molar-refractivity contribution in [2.45, 2.75) is 58.0 Å². The molecule has 114 valence electrons. The minimum atomic E-state index is -0.313. The Labute approximate surface area is 121 Å². The second-order valence-electron chi connectivity index (χ2n) is 5.88. The molecule has 0 aromatic carbocycles. The largest absolute Gasteiger partial charge is 0.344 e. The predicted octanol–water partition coefficient (Wildman–Crippen LogP) is 0.988. The van der Waals surface area contributed by atoms with Crippen molar-refractivity contribution in [3.05, 3.63) is 0 Å². The second kappa shape index (κ2) is 7.07. The summed E-state index contributed by atoms with van der Waals surface area (Å²) in [4.78, 5) is 28.8. The Morgan fingerprint density at radius 1 is 1.25 bits per heavy atom. The molecule has 2 aliphatic heterocycles. The lowest BCUT2D eigenvalue weighted by Crippen LogP contribution is -2.53. The van der Waals surface area contributed by atoms with Gasteiger partial charge in [0.25, 0.3) is 0 Å². The van der Waals surface area contributed by atoms with Crippen LogP contribution in [0.4, 0.5) is 0 Å². The van der Waals surface area contributed by atoms with E-state index in [9.17, 15) is 9.59 Å². The molecule has 0 bridgehead atoms. The summed E-state index contributed by atoms with van der Waals surface area (Å²) >= 11 is 0. The number of nitrogens with one attached hydrogen (secondary N) is 1. The number of rotatable bonds is 4. The topological polar surface area (TPSA) is 52.7 Å². The SMILES string of the molecule is CCCC1NC(=O)CCN(C2CCCN(CC)C2)C1=O. The lowest BCUT2D eigenvalue weighted by atomic mass is 10.0. The average molecular weight is 281 g/mol. The van der Waals surface area contributed by atoms with Gasteiger partial charge in [-0.25, -0.2) is 0 Å². The summed E-state index contributed by atoms with van der Waals surface area (Å²) in [5.41, 5.74) is 0. The molecule has 0 radical (unpaired) electrons. The number of hydrogen-bond donors (Lipinski definition) is 1. The molecule has 2 fully saturated rings. The van der Waals surface area contributed by atoms with Crippen LogP contribution in [-0.2, 0) is 9.59 Å².